The molecule has 1 aliphatic heterocycles. The second-order valence-corrected chi connectivity index (χ2v) is 7.72. The average Bonchev–Trinajstić information content (AvgIpc) is 3.06. The van der Waals surface area contributed by atoms with E-state index in [9.17, 15) is 18.0 Å². The van der Waals surface area contributed by atoms with Gasteiger partial charge in [-0.1, -0.05) is 18.2 Å². The lowest BCUT2D eigenvalue weighted by Crippen LogP contribution is -2.43. The lowest BCUT2D eigenvalue weighted by Gasteiger charge is -2.22. The summed E-state index contributed by atoms with van der Waals surface area (Å²) in [4.78, 5) is 28.0. The second kappa shape index (κ2) is 8.32. The fourth-order valence-electron chi connectivity index (χ4n) is 3.22. The highest BCUT2D eigenvalue weighted by Crippen LogP contribution is 2.37. The molecule has 1 N–H and O–H groups in total. The van der Waals surface area contributed by atoms with Gasteiger partial charge >= 0.3 is 6.18 Å². The molecule has 0 atom stereocenters. The van der Waals surface area contributed by atoms with Crippen LogP contribution in [0.4, 0.5) is 24.5 Å². The third kappa shape index (κ3) is 4.73. The van der Waals surface area contributed by atoms with E-state index in [1.54, 1.807) is 19.9 Å². The minimum atomic E-state index is -4.73. The Balaban J connectivity index is 1.48. The van der Waals surface area contributed by atoms with Crippen molar-refractivity contribution in [3.8, 4) is 6.07 Å². The zero-order valence-corrected chi connectivity index (χ0v) is 17.6. The molecular weight excluding hydrogens is 439 g/mol. The maximum atomic E-state index is 13.3. The number of nitrogens with one attached hydrogen (secondary N) is 1. The summed E-state index contributed by atoms with van der Waals surface area (Å²) in [6, 6.07) is 13.8. The summed E-state index contributed by atoms with van der Waals surface area (Å²) in [5, 5.41) is 14.5. The van der Waals surface area contributed by atoms with Gasteiger partial charge in [0.15, 0.2) is 5.72 Å². The number of alkyl halides is 3. The van der Waals surface area contributed by atoms with E-state index >= 15 is 0 Å². The summed E-state index contributed by atoms with van der Waals surface area (Å²) in [6.45, 7) is 2.90. The molecule has 33 heavy (non-hydrogen) atoms. The highest BCUT2D eigenvalue weighted by atomic mass is 19.4. The van der Waals surface area contributed by atoms with Crippen molar-refractivity contribution >= 4 is 28.2 Å². The van der Waals surface area contributed by atoms with Gasteiger partial charge in [-0.05, 0) is 44.2 Å². The molecule has 1 fully saturated rings. The highest BCUT2D eigenvalue weighted by molar-refractivity contribution is 5.94. The van der Waals surface area contributed by atoms with Gasteiger partial charge in [0.2, 0.25) is 5.91 Å². The van der Waals surface area contributed by atoms with E-state index in [0.29, 0.717) is 5.69 Å². The summed E-state index contributed by atoms with van der Waals surface area (Å²) in [5.41, 5.74) is -1.64. The molecule has 0 aliphatic carbocycles. The molecule has 2 aromatic carbocycles. The number of aromatic nitrogens is 1. The molecule has 170 valence electrons. The molecule has 4 rings (SSSR count). The van der Waals surface area contributed by atoms with Gasteiger partial charge in [0.05, 0.1) is 40.3 Å². The Labute approximate surface area is 186 Å². The molecule has 0 radical (unpaired) electrons. The minimum Gasteiger partial charge on any atom is -0.323 e. The van der Waals surface area contributed by atoms with Crippen LogP contribution in [0.25, 0.3) is 10.9 Å². The van der Waals surface area contributed by atoms with Crippen LogP contribution in [0, 0.1) is 11.3 Å². The second-order valence-electron chi connectivity index (χ2n) is 7.72. The Kier molecular flexibility index (Phi) is 5.67. The van der Waals surface area contributed by atoms with E-state index in [4.69, 9.17) is 15.0 Å². The van der Waals surface area contributed by atoms with Gasteiger partial charge in [-0.25, -0.2) is 4.84 Å². The topological polar surface area (TPSA) is 90.7 Å². The highest BCUT2D eigenvalue weighted by Gasteiger charge is 2.43. The number of para-hydroxylation sites is 1. The Morgan fingerprint density at radius 2 is 1.97 bits per heavy atom. The fourth-order valence-corrected chi connectivity index (χ4v) is 3.22. The van der Waals surface area contributed by atoms with Crippen molar-refractivity contribution in [3.63, 3.8) is 0 Å². The molecule has 0 bridgehead atoms. The molecule has 0 unspecified atom stereocenters. The van der Waals surface area contributed by atoms with Gasteiger partial charge in [-0.15, -0.1) is 10.3 Å². The standard InChI is InChI=1S/C22H18F3N5O3/c1-21(2)29(13-20(31)28-16-9-14-5-3-4-6-19(14)27-12-16)33-30(32-21)17-8-7-15(11-26)18(10-17)22(23,24)25/h3-10,12H,13H2,1-2H3,(H,28,31). The van der Waals surface area contributed by atoms with Crippen LogP contribution in [0.1, 0.15) is 25.0 Å². The maximum Gasteiger partial charge on any atom is 0.417 e. The third-order valence-corrected chi connectivity index (χ3v) is 4.88. The van der Waals surface area contributed by atoms with Crippen molar-refractivity contribution in [2.45, 2.75) is 25.7 Å². The fraction of sp³-hybridized carbons (Fsp3) is 0.227. The zero-order valence-electron chi connectivity index (χ0n) is 17.6. The number of anilines is 2. The summed E-state index contributed by atoms with van der Waals surface area (Å²) in [6.07, 6.45) is -3.21. The molecule has 1 aliphatic rings. The first-order valence-electron chi connectivity index (χ1n) is 9.78. The summed E-state index contributed by atoms with van der Waals surface area (Å²) in [7, 11) is 0. The van der Waals surface area contributed by atoms with Crippen LogP contribution in [0.2, 0.25) is 0 Å². The van der Waals surface area contributed by atoms with Crippen molar-refractivity contribution in [1.82, 2.24) is 10.0 Å². The van der Waals surface area contributed by atoms with Gasteiger partial charge < -0.3 is 5.32 Å². The predicted octanol–water partition coefficient (Wildman–Crippen LogP) is 4.40. The van der Waals surface area contributed by atoms with Crippen LogP contribution in [0.5, 0.6) is 0 Å². The first-order valence-corrected chi connectivity index (χ1v) is 9.78. The van der Waals surface area contributed by atoms with Gasteiger partial charge in [0.25, 0.3) is 0 Å². The number of carbonyl (C=O) groups excluding carboxylic acids is 1. The number of pyridine rings is 1. The minimum absolute atomic E-state index is 0.0870. The molecule has 8 nitrogen and oxygen atoms in total. The number of hydrogen-bond acceptors (Lipinski definition) is 7. The van der Waals surface area contributed by atoms with E-state index in [-0.39, 0.29) is 12.2 Å². The van der Waals surface area contributed by atoms with Crippen LogP contribution in [-0.2, 0) is 20.7 Å². The largest absolute Gasteiger partial charge is 0.417 e. The van der Waals surface area contributed by atoms with Crippen molar-refractivity contribution in [1.29, 1.82) is 5.26 Å². The van der Waals surface area contributed by atoms with Crippen LogP contribution >= 0.6 is 0 Å². The van der Waals surface area contributed by atoms with Crippen LogP contribution < -0.4 is 10.5 Å². The number of amides is 1. The molecular formula is C22H18F3N5O3. The molecule has 11 heteroatoms. The third-order valence-electron chi connectivity index (χ3n) is 4.88. The van der Waals surface area contributed by atoms with Gasteiger partial charge in [0.1, 0.15) is 6.54 Å². The molecule has 1 saturated heterocycles. The van der Waals surface area contributed by atoms with Crippen LogP contribution in [0.3, 0.4) is 0 Å². The van der Waals surface area contributed by atoms with Gasteiger partial charge in [0, 0.05) is 5.39 Å². The zero-order chi connectivity index (χ0) is 23.8. The van der Waals surface area contributed by atoms with Crippen molar-refractivity contribution < 1.29 is 27.7 Å². The smallest absolute Gasteiger partial charge is 0.323 e. The number of carbonyl (C=O) groups is 1. The average molecular weight is 457 g/mol. The van der Waals surface area contributed by atoms with Crippen molar-refractivity contribution in [2.24, 2.45) is 0 Å². The monoisotopic (exact) mass is 457 g/mol. The lowest BCUT2D eigenvalue weighted by molar-refractivity contribution is -0.172. The maximum absolute atomic E-state index is 13.3. The van der Waals surface area contributed by atoms with Crippen molar-refractivity contribution in [2.75, 3.05) is 17.1 Å². The normalized spacial score (nSPS) is 16.1. The molecule has 3 aromatic rings. The van der Waals surface area contributed by atoms with E-state index in [2.05, 4.69) is 10.3 Å². The van der Waals surface area contributed by atoms with Crippen LogP contribution in [-0.4, -0.2) is 28.2 Å². The summed E-state index contributed by atoms with van der Waals surface area (Å²) < 4.78 is 39.9. The summed E-state index contributed by atoms with van der Waals surface area (Å²) in [5.74, 6) is -0.443. The number of nitriles is 1. The number of nitrogens with zero attached hydrogens (tertiary/aromatic N) is 4. The molecule has 1 amide bonds. The number of fused-ring (bicyclic) bond motifs is 1. The lowest BCUT2D eigenvalue weighted by atomic mass is 10.1. The predicted molar refractivity (Wildman–Crippen MR) is 112 cm³/mol. The number of benzene rings is 2. The van der Waals surface area contributed by atoms with Crippen molar-refractivity contribution in [3.05, 3.63) is 65.9 Å². The van der Waals surface area contributed by atoms with E-state index in [0.717, 1.165) is 28.3 Å². The Bertz CT molecular complexity index is 1260. The Morgan fingerprint density at radius 3 is 2.70 bits per heavy atom. The van der Waals surface area contributed by atoms with Crippen LogP contribution in [0.15, 0.2) is 54.7 Å². The molecule has 2 heterocycles. The van der Waals surface area contributed by atoms with Gasteiger partial charge in [-0.3, -0.25) is 9.78 Å². The number of rotatable bonds is 4. The van der Waals surface area contributed by atoms with Gasteiger partial charge in [-0.2, -0.15) is 23.4 Å². The Hall–Kier alpha value is -3.72. The van der Waals surface area contributed by atoms with E-state index in [1.807, 2.05) is 24.3 Å². The number of halogens is 3. The van der Waals surface area contributed by atoms with E-state index in [1.165, 1.54) is 23.4 Å². The number of hydrogen-bond donors (Lipinski definition) is 1. The molecule has 1 aromatic heterocycles. The SMILES string of the molecule is CC1(C)ON(c2ccc(C#N)c(C(F)(F)F)c2)ON1CC(=O)Nc1cnc2ccccc2c1. The first kappa shape index (κ1) is 22.5. The molecule has 0 spiro atoms. The quantitative estimate of drug-likeness (QED) is 0.621. The van der Waals surface area contributed by atoms with E-state index < -0.39 is 28.9 Å². The summed E-state index contributed by atoms with van der Waals surface area (Å²) >= 11 is 0. The first-order chi connectivity index (χ1) is 15.6. The molecule has 0 saturated carbocycles. The Morgan fingerprint density at radius 1 is 1.21 bits per heavy atom. The number of hydroxylamine groups is 2.